The highest BCUT2D eigenvalue weighted by Crippen LogP contribution is 2.19. The molecular formula is C20H19NOS. The van der Waals surface area contributed by atoms with Gasteiger partial charge in [0.25, 0.3) is 0 Å². The van der Waals surface area contributed by atoms with Crippen LogP contribution in [0.25, 0.3) is 10.8 Å². The van der Waals surface area contributed by atoms with E-state index in [2.05, 4.69) is 41.7 Å². The van der Waals surface area contributed by atoms with E-state index < -0.39 is 0 Å². The quantitative estimate of drug-likeness (QED) is 0.670. The lowest BCUT2D eigenvalue weighted by Crippen LogP contribution is -2.23. The molecule has 0 spiro atoms. The normalized spacial score (nSPS) is 10.6. The third-order valence-corrected chi connectivity index (χ3v) is 4.71. The summed E-state index contributed by atoms with van der Waals surface area (Å²) >= 11 is 1.71. The lowest BCUT2D eigenvalue weighted by atomic mass is 10.0. The Hall–Kier alpha value is -2.26. The maximum Gasteiger partial charge on any atom is 0.221 e. The van der Waals surface area contributed by atoms with Gasteiger partial charge < -0.3 is 5.32 Å². The smallest absolute Gasteiger partial charge is 0.221 e. The SMILES string of the molecule is O=C(CCSc1ccccc1)NCc1cccc2ccccc12. The van der Waals surface area contributed by atoms with Crippen molar-refractivity contribution in [2.45, 2.75) is 17.9 Å². The Morgan fingerprint density at radius 1 is 0.870 bits per heavy atom. The number of carbonyl (C=O) groups is 1. The first-order valence-electron chi connectivity index (χ1n) is 7.74. The number of rotatable bonds is 6. The van der Waals surface area contributed by atoms with Gasteiger partial charge in [-0.25, -0.2) is 0 Å². The van der Waals surface area contributed by atoms with Crippen LogP contribution in [0.3, 0.4) is 0 Å². The summed E-state index contributed by atoms with van der Waals surface area (Å²) < 4.78 is 0. The van der Waals surface area contributed by atoms with Crippen LogP contribution < -0.4 is 5.32 Å². The van der Waals surface area contributed by atoms with E-state index in [4.69, 9.17) is 0 Å². The zero-order valence-electron chi connectivity index (χ0n) is 12.9. The first-order chi connectivity index (χ1) is 11.3. The van der Waals surface area contributed by atoms with Crippen LogP contribution in [0.2, 0.25) is 0 Å². The van der Waals surface area contributed by atoms with E-state index in [0.717, 1.165) is 11.3 Å². The maximum atomic E-state index is 12.0. The van der Waals surface area contributed by atoms with Gasteiger partial charge in [0.15, 0.2) is 0 Å². The van der Waals surface area contributed by atoms with E-state index in [1.165, 1.54) is 15.7 Å². The summed E-state index contributed by atoms with van der Waals surface area (Å²) in [4.78, 5) is 13.2. The van der Waals surface area contributed by atoms with Crippen molar-refractivity contribution in [2.75, 3.05) is 5.75 Å². The molecule has 0 radical (unpaired) electrons. The summed E-state index contributed by atoms with van der Waals surface area (Å²) in [6.07, 6.45) is 0.532. The number of carbonyl (C=O) groups excluding carboxylic acids is 1. The Kier molecular flexibility index (Phi) is 5.33. The zero-order chi connectivity index (χ0) is 15.9. The molecule has 0 bridgehead atoms. The summed E-state index contributed by atoms with van der Waals surface area (Å²) in [6.45, 7) is 0.580. The van der Waals surface area contributed by atoms with Gasteiger partial charge in [0.1, 0.15) is 0 Å². The highest BCUT2D eigenvalue weighted by molar-refractivity contribution is 7.99. The predicted octanol–water partition coefficient (Wildman–Crippen LogP) is 4.64. The average molecular weight is 321 g/mol. The molecule has 3 rings (SSSR count). The standard InChI is InChI=1S/C20H19NOS/c22-20(13-14-23-18-10-2-1-3-11-18)21-15-17-9-6-8-16-7-4-5-12-19(16)17/h1-12H,13-15H2,(H,21,22). The molecule has 0 heterocycles. The highest BCUT2D eigenvalue weighted by Gasteiger charge is 2.04. The molecule has 0 saturated heterocycles. The Labute approximate surface area is 140 Å². The van der Waals surface area contributed by atoms with Crippen LogP contribution in [0.15, 0.2) is 77.7 Å². The van der Waals surface area contributed by atoms with Gasteiger partial charge in [0.2, 0.25) is 5.91 Å². The molecule has 0 saturated carbocycles. The van der Waals surface area contributed by atoms with Crippen molar-refractivity contribution in [1.29, 1.82) is 0 Å². The monoisotopic (exact) mass is 321 g/mol. The molecule has 0 unspecified atom stereocenters. The molecule has 3 aromatic rings. The second-order valence-electron chi connectivity index (χ2n) is 5.33. The number of fused-ring (bicyclic) bond motifs is 1. The molecule has 0 fully saturated rings. The van der Waals surface area contributed by atoms with Crippen molar-refractivity contribution in [1.82, 2.24) is 5.32 Å². The maximum absolute atomic E-state index is 12.0. The average Bonchev–Trinajstić information content (AvgIpc) is 2.61. The van der Waals surface area contributed by atoms with Crippen LogP contribution in [0.4, 0.5) is 0 Å². The van der Waals surface area contributed by atoms with Crippen molar-refractivity contribution in [3.05, 3.63) is 78.4 Å². The summed E-state index contributed by atoms with van der Waals surface area (Å²) in [5.41, 5.74) is 1.16. The number of hydrogen-bond donors (Lipinski definition) is 1. The minimum atomic E-state index is 0.0985. The fourth-order valence-corrected chi connectivity index (χ4v) is 3.38. The second kappa shape index (κ2) is 7.84. The minimum absolute atomic E-state index is 0.0985. The summed E-state index contributed by atoms with van der Waals surface area (Å²) in [7, 11) is 0. The van der Waals surface area contributed by atoms with Gasteiger partial charge in [-0.2, -0.15) is 0 Å². The third kappa shape index (κ3) is 4.36. The molecule has 1 amide bonds. The molecule has 23 heavy (non-hydrogen) atoms. The predicted molar refractivity (Wildman–Crippen MR) is 97.6 cm³/mol. The van der Waals surface area contributed by atoms with Crippen LogP contribution in [0.5, 0.6) is 0 Å². The first-order valence-corrected chi connectivity index (χ1v) is 8.73. The molecule has 3 aromatic carbocycles. The number of benzene rings is 3. The van der Waals surface area contributed by atoms with Crippen molar-refractivity contribution in [3.63, 3.8) is 0 Å². The van der Waals surface area contributed by atoms with Gasteiger partial charge in [-0.05, 0) is 28.5 Å². The molecule has 1 N–H and O–H groups in total. The molecule has 3 heteroatoms. The summed E-state index contributed by atoms with van der Waals surface area (Å²) in [5, 5.41) is 5.44. The molecular weight excluding hydrogens is 302 g/mol. The van der Waals surface area contributed by atoms with Crippen molar-refractivity contribution in [3.8, 4) is 0 Å². The van der Waals surface area contributed by atoms with Gasteiger partial charge in [-0.15, -0.1) is 11.8 Å². The van der Waals surface area contributed by atoms with Crippen LogP contribution in [0, 0.1) is 0 Å². The molecule has 0 aliphatic carbocycles. The van der Waals surface area contributed by atoms with Crippen molar-refractivity contribution < 1.29 is 4.79 Å². The van der Waals surface area contributed by atoms with Crippen LogP contribution in [-0.4, -0.2) is 11.7 Å². The van der Waals surface area contributed by atoms with Crippen LogP contribution in [0.1, 0.15) is 12.0 Å². The van der Waals surface area contributed by atoms with Gasteiger partial charge >= 0.3 is 0 Å². The molecule has 0 atom stereocenters. The van der Waals surface area contributed by atoms with Gasteiger partial charge in [0, 0.05) is 23.6 Å². The van der Waals surface area contributed by atoms with Crippen molar-refractivity contribution >= 4 is 28.4 Å². The number of hydrogen-bond acceptors (Lipinski definition) is 2. The van der Waals surface area contributed by atoms with E-state index in [-0.39, 0.29) is 5.91 Å². The molecule has 0 aliphatic heterocycles. The van der Waals surface area contributed by atoms with Crippen LogP contribution in [-0.2, 0) is 11.3 Å². The minimum Gasteiger partial charge on any atom is -0.352 e. The lowest BCUT2D eigenvalue weighted by molar-refractivity contribution is -0.120. The number of thioether (sulfide) groups is 1. The van der Waals surface area contributed by atoms with E-state index in [0.29, 0.717) is 13.0 Å². The van der Waals surface area contributed by atoms with E-state index in [1.807, 2.05) is 36.4 Å². The molecule has 116 valence electrons. The Morgan fingerprint density at radius 2 is 1.61 bits per heavy atom. The summed E-state index contributed by atoms with van der Waals surface area (Å²) in [5.74, 6) is 0.895. The molecule has 0 aliphatic rings. The zero-order valence-corrected chi connectivity index (χ0v) is 13.7. The Balaban J connectivity index is 1.50. The number of nitrogens with one attached hydrogen (secondary N) is 1. The Morgan fingerprint density at radius 3 is 2.48 bits per heavy atom. The van der Waals surface area contributed by atoms with Crippen LogP contribution >= 0.6 is 11.8 Å². The third-order valence-electron chi connectivity index (χ3n) is 3.70. The first kappa shape index (κ1) is 15.6. The van der Waals surface area contributed by atoms with Gasteiger partial charge in [-0.1, -0.05) is 60.7 Å². The van der Waals surface area contributed by atoms with Crippen molar-refractivity contribution in [2.24, 2.45) is 0 Å². The highest BCUT2D eigenvalue weighted by atomic mass is 32.2. The summed E-state index contributed by atoms with van der Waals surface area (Å²) in [6, 6.07) is 24.6. The molecule has 0 aromatic heterocycles. The lowest BCUT2D eigenvalue weighted by Gasteiger charge is -2.08. The largest absolute Gasteiger partial charge is 0.352 e. The van der Waals surface area contributed by atoms with E-state index in [1.54, 1.807) is 11.8 Å². The van der Waals surface area contributed by atoms with E-state index in [9.17, 15) is 4.79 Å². The van der Waals surface area contributed by atoms with Gasteiger partial charge in [-0.3, -0.25) is 4.79 Å². The number of amides is 1. The fourth-order valence-electron chi connectivity index (χ4n) is 2.51. The van der Waals surface area contributed by atoms with E-state index >= 15 is 0 Å². The fraction of sp³-hybridized carbons (Fsp3) is 0.150. The Bertz CT molecular complexity index is 781. The topological polar surface area (TPSA) is 29.1 Å². The van der Waals surface area contributed by atoms with Gasteiger partial charge in [0.05, 0.1) is 0 Å². The second-order valence-corrected chi connectivity index (χ2v) is 6.49. The molecule has 2 nitrogen and oxygen atoms in total.